The number of ether oxygens (including phenoxy) is 2. The van der Waals surface area contributed by atoms with Crippen LogP contribution >= 0.6 is 0 Å². The Morgan fingerprint density at radius 1 is 1.10 bits per heavy atom. The van der Waals surface area contributed by atoms with Crippen molar-refractivity contribution in [2.75, 3.05) is 19.0 Å². The fourth-order valence-corrected chi connectivity index (χ4v) is 4.98. The van der Waals surface area contributed by atoms with Crippen molar-refractivity contribution >= 4 is 39.5 Å². The van der Waals surface area contributed by atoms with Gasteiger partial charge in [-0.1, -0.05) is 24.6 Å². The summed E-state index contributed by atoms with van der Waals surface area (Å²) in [7, 11) is 1.55. The molecule has 0 aliphatic heterocycles. The number of furan rings is 1. The molecule has 2 aromatic carbocycles. The zero-order chi connectivity index (χ0) is 20.0. The Morgan fingerprint density at radius 3 is 2.72 bits per heavy atom. The number of carbonyl (C=O) groups excluding carboxylic acids is 2. The first kappa shape index (κ1) is 18.0. The molecule has 2 fully saturated rings. The van der Waals surface area contributed by atoms with Gasteiger partial charge in [-0.2, -0.15) is 0 Å². The molecule has 5 rings (SSSR count). The summed E-state index contributed by atoms with van der Waals surface area (Å²) >= 11 is 0. The number of hydrogen-bond donors (Lipinski definition) is 1. The van der Waals surface area contributed by atoms with E-state index >= 15 is 0 Å². The molecule has 0 saturated heterocycles. The summed E-state index contributed by atoms with van der Waals surface area (Å²) in [5, 5.41) is 4.68. The molecule has 1 amide bonds. The van der Waals surface area contributed by atoms with Crippen LogP contribution in [0, 0.1) is 17.8 Å². The number of esters is 1. The van der Waals surface area contributed by atoms with Gasteiger partial charge in [0.2, 0.25) is 0 Å². The van der Waals surface area contributed by atoms with E-state index in [-0.39, 0.29) is 18.5 Å². The van der Waals surface area contributed by atoms with E-state index in [9.17, 15) is 9.59 Å². The second kappa shape index (κ2) is 7.10. The van der Waals surface area contributed by atoms with Gasteiger partial charge in [-0.15, -0.1) is 0 Å². The molecule has 3 atom stereocenters. The summed E-state index contributed by atoms with van der Waals surface area (Å²) in [4.78, 5) is 24.7. The van der Waals surface area contributed by atoms with Gasteiger partial charge in [0.25, 0.3) is 5.91 Å². The number of anilines is 1. The zero-order valence-corrected chi connectivity index (χ0v) is 16.3. The van der Waals surface area contributed by atoms with E-state index in [1.54, 1.807) is 13.2 Å². The van der Waals surface area contributed by atoms with Crippen LogP contribution in [0.4, 0.5) is 5.69 Å². The monoisotopic (exact) mass is 393 g/mol. The van der Waals surface area contributed by atoms with Crippen LogP contribution in [0.25, 0.3) is 21.9 Å². The number of amides is 1. The summed E-state index contributed by atoms with van der Waals surface area (Å²) in [6, 6.07) is 11.3. The highest BCUT2D eigenvalue weighted by Crippen LogP contribution is 2.48. The van der Waals surface area contributed by atoms with Crippen molar-refractivity contribution in [3.05, 3.63) is 36.4 Å². The number of methoxy groups -OCH3 is 1. The van der Waals surface area contributed by atoms with Gasteiger partial charge in [0.05, 0.1) is 18.7 Å². The van der Waals surface area contributed by atoms with Crippen LogP contribution in [0.5, 0.6) is 5.75 Å². The third kappa shape index (κ3) is 3.22. The number of benzene rings is 2. The predicted octanol–water partition coefficient (Wildman–Crippen LogP) is 4.51. The molecule has 6 nitrogen and oxygen atoms in total. The molecule has 2 aliphatic carbocycles. The maximum atomic E-state index is 12.4. The standard InChI is InChI=1S/C23H23NO5/c1-27-21-10-17-15-4-2-3-5-19(15)29-20(17)11-18(21)24-22(25)12-28-23(26)16-9-13-6-7-14(16)8-13/h2-5,10-11,13-14,16H,6-9,12H2,1H3,(H,24,25). The Morgan fingerprint density at radius 2 is 1.97 bits per heavy atom. The minimum absolute atomic E-state index is 0.0389. The molecule has 0 spiro atoms. The molecule has 2 aliphatic rings. The van der Waals surface area contributed by atoms with E-state index in [0.717, 1.165) is 35.6 Å². The summed E-state index contributed by atoms with van der Waals surface area (Å²) < 4.78 is 16.6. The van der Waals surface area contributed by atoms with Crippen LogP contribution in [-0.2, 0) is 14.3 Å². The molecule has 0 radical (unpaired) electrons. The molecule has 6 heteroatoms. The van der Waals surface area contributed by atoms with Crippen LogP contribution in [0.15, 0.2) is 40.8 Å². The molecule has 3 aromatic rings. The maximum Gasteiger partial charge on any atom is 0.309 e. The Kier molecular flexibility index (Phi) is 4.42. The molecule has 2 saturated carbocycles. The van der Waals surface area contributed by atoms with E-state index in [1.807, 2.05) is 30.3 Å². The number of rotatable bonds is 5. The first-order chi connectivity index (χ1) is 14.1. The minimum Gasteiger partial charge on any atom is -0.495 e. The Balaban J connectivity index is 1.29. The van der Waals surface area contributed by atoms with Gasteiger partial charge < -0.3 is 19.2 Å². The minimum atomic E-state index is -0.393. The van der Waals surface area contributed by atoms with Crippen molar-refractivity contribution in [1.82, 2.24) is 0 Å². The molecule has 29 heavy (non-hydrogen) atoms. The lowest BCUT2D eigenvalue weighted by Crippen LogP contribution is -2.27. The molecular weight excluding hydrogens is 370 g/mol. The lowest BCUT2D eigenvalue weighted by atomic mass is 9.89. The van der Waals surface area contributed by atoms with E-state index in [0.29, 0.717) is 28.9 Å². The van der Waals surface area contributed by atoms with Gasteiger partial charge in [0, 0.05) is 16.8 Å². The van der Waals surface area contributed by atoms with Crippen molar-refractivity contribution in [1.29, 1.82) is 0 Å². The number of carbonyl (C=O) groups is 2. The van der Waals surface area contributed by atoms with Gasteiger partial charge in [-0.3, -0.25) is 9.59 Å². The van der Waals surface area contributed by atoms with Crippen LogP contribution in [0.1, 0.15) is 25.7 Å². The summed E-state index contributed by atoms with van der Waals surface area (Å²) in [6.07, 6.45) is 4.35. The predicted molar refractivity (Wildman–Crippen MR) is 109 cm³/mol. The topological polar surface area (TPSA) is 77.8 Å². The Bertz CT molecular complexity index is 1100. The quantitative estimate of drug-likeness (QED) is 0.645. The fourth-order valence-electron chi connectivity index (χ4n) is 4.98. The summed E-state index contributed by atoms with van der Waals surface area (Å²) in [6.45, 7) is -0.298. The largest absolute Gasteiger partial charge is 0.495 e. The van der Waals surface area contributed by atoms with E-state index in [4.69, 9.17) is 13.9 Å². The molecule has 150 valence electrons. The van der Waals surface area contributed by atoms with E-state index in [1.165, 1.54) is 6.42 Å². The molecular formula is C23H23NO5. The van der Waals surface area contributed by atoms with Gasteiger partial charge in [0.1, 0.15) is 16.9 Å². The molecule has 1 N–H and O–H groups in total. The van der Waals surface area contributed by atoms with Crippen molar-refractivity contribution in [2.24, 2.45) is 17.8 Å². The SMILES string of the molecule is COc1cc2c(cc1NC(=O)COC(=O)C1CC3CCC1C3)oc1ccccc12. The third-order valence-electron chi connectivity index (χ3n) is 6.36. The highest BCUT2D eigenvalue weighted by molar-refractivity contribution is 6.07. The lowest BCUT2D eigenvalue weighted by Gasteiger charge is -2.19. The Hall–Kier alpha value is -3.02. The first-order valence-corrected chi connectivity index (χ1v) is 10.1. The maximum absolute atomic E-state index is 12.4. The van der Waals surface area contributed by atoms with Crippen LogP contribution < -0.4 is 10.1 Å². The molecule has 1 heterocycles. The highest BCUT2D eigenvalue weighted by Gasteiger charge is 2.44. The van der Waals surface area contributed by atoms with Crippen LogP contribution in [0.3, 0.4) is 0 Å². The molecule has 2 bridgehead atoms. The van der Waals surface area contributed by atoms with Gasteiger partial charge >= 0.3 is 5.97 Å². The third-order valence-corrected chi connectivity index (χ3v) is 6.36. The summed E-state index contributed by atoms with van der Waals surface area (Å²) in [5.41, 5.74) is 1.91. The average Bonchev–Trinajstić information content (AvgIpc) is 3.45. The first-order valence-electron chi connectivity index (χ1n) is 10.1. The lowest BCUT2D eigenvalue weighted by molar-refractivity contribution is -0.153. The number of fused-ring (bicyclic) bond motifs is 5. The highest BCUT2D eigenvalue weighted by atomic mass is 16.5. The summed E-state index contributed by atoms with van der Waals surface area (Å²) in [5.74, 6) is 0.944. The van der Waals surface area contributed by atoms with E-state index < -0.39 is 5.91 Å². The second-order valence-corrected chi connectivity index (χ2v) is 8.08. The average molecular weight is 393 g/mol. The number of nitrogens with one attached hydrogen (secondary N) is 1. The number of para-hydroxylation sites is 1. The van der Waals surface area contributed by atoms with Crippen molar-refractivity contribution in [3.8, 4) is 5.75 Å². The fraction of sp³-hybridized carbons (Fsp3) is 0.391. The van der Waals surface area contributed by atoms with Crippen molar-refractivity contribution in [2.45, 2.75) is 25.7 Å². The van der Waals surface area contributed by atoms with Gasteiger partial charge in [-0.25, -0.2) is 0 Å². The van der Waals surface area contributed by atoms with Crippen LogP contribution in [-0.4, -0.2) is 25.6 Å². The van der Waals surface area contributed by atoms with Crippen molar-refractivity contribution < 1.29 is 23.5 Å². The normalized spacial score (nSPS) is 22.9. The molecule has 1 aromatic heterocycles. The van der Waals surface area contributed by atoms with E-state index in [2.05, 4.69) is 5.32 Å². The van der Waals surface area contributed by atoms with Crippen LogP contribution in [0.2, 0.25) is 0 Å². The van der Waals surface area contributed by atoms with Crippen molar-refractivity contribution in [3.63, 3.8) is 0 Å². The smallest absolute Gasteiger partial charge is 0.309 e. The Labute approximate surface area is 168 Å². The van der Waals surface area contributed by atoms with Gasteiger partial charge in [0.15, 0.2) is 6.61 Å². The molecule has 3 unspecified atom stereocenters. The zero-order valence-electron chi connectivity index (χ0n) is 16.3. The number of hydrogen-bond acceptors (Lipinski definition) is 5. The van der Waals surface area contributed by atoms with Gasteiger partial charge in [-0.05, 0) is 43.2 Å². The second-order valence-electron chi connectivity index (χ2n) is 8.08.